The van der Waals surface area contributed by atoms with Crippen LogP contribution in [0.4, 0.5) is 0 Å². The van der Waals surface area contributed by atoms with E-state index in [4.69, 9.17) is 18.9 Å². The number of ether oxygens (including phenoxy) is 2. The highest BCUT2D eigenvalue weighted by atomic mass is 32.2. The number of nitrogens with zero attached hydrogens (tertiary/aromatic N) is 1. The minimum atomic E-state index is -4.13. The van der Waals surface area contributed by atoms with Crippen LogP contribution in [-0.2, 0) is 10.1 Å². The van der Waals surface area contributed by atoms with Crippen molar-refractivity contribution in [1.29, 1.82) is 5.26 Å². The first-order valence-electron chi connectivity index (χ1n) is 6.17. The fourth-order valence-corrected chi connectivity index (χ4v) is 2.87. The number of methoxy groups -OCH3 is 2. The molecule has 0 radical (unpaired) electrons. The summed E-state index contributed by atoms with van der Waals surface area (Å²) in [5.41, 5.74) is 0.297. The summed E-state index contributed by atoms with van der Waals surface area (Å²) in [5, 5.41) is 8.84. The largest absolute Gasteiger partial charge is 0.497 e. The monoisotopic (exact) mass is 319 g/mol. The second kappa shape index (κ2) is 6.37. The van der Waals surface area contributed by atoms with Crippen molar-refractivity contribution in [3.8, 4) is 23.3 Å². The number of rotatable bonds is 5. The van der Waals surface area contributed by atoms with Gasteiger partial charge in [-0.25, -0.2) is 0 Å². The molecule has 7 heteroatoms. The lowest BCUT2D eigenvalue weighted by molar-refractivity contribution is 0.388. The number of hydrogen-bond acceptors (Lipinski definition) is 6. The first kappa shape index (κ1) is 15.7. The maximum atomic E-state index is 12.4. The molecule has 2 rings (SSSR count). The first-order valence-corrected chi connectivity index (χ1v) is 7.57. The predicted molar refractivity (Wildman–Crippen MR) is 78.5 cm³/mol. The summed E-state index contributed by atoms with van der Waals surface area (Å²) in [6.07, 6.45) is 0. The van der Waals surface area contributed by atoms with Gasteiger partial charge in [0.1, 0.15) is 17.2 Å². The van der Waals surface area contributed by atoms with E-state index < -0.39 is 10.1 Å². The van der Waals surface area contributed by atoms with Crippen LogP contribution < -0.4 is 13.7 Å². The molecule has 6 nitrogen and oxygen atoms in total. The average Bonchev–Trinajstić information content (AvgIpc) is 2.54. The van der Waals surface area contributed by atoms with Gasteiger partial charge in [0, 0.05) is 6.07 Å². The SMILES string of the molecule is COc1ccc(OC)c(S(=O)(=O)Oc2cccc(C#N)c2)c1. The molecular weight excluding hydrogens is 306 g/mol. The van der Waals surface area contributed by atoms with E-state index in [-0.39, 0.29) is 16.4 Å². The van der Waals surface area contributed by atoms with Crippen LogP contribution in [-0.4, -0.2) is 22.6 Å². The van der Waals surface area contributed by atoms with Crippen LogP contribution in [0, 0.1) is 11.3 Å². The molecule has 114 valence electrons. The van der Waals surface area contributed by atoms with Crippen LogP contribution in [0.25, 0.3) is 0 Å². The Kier molecular flexibility index (Phi) is 4.53. The van der Waals surface area contributed by atoms with Gasteiger partial charge in [-0.1, -0.05) is 6.07 Å². The van der Waals surface area contributed by atoms with Gasteiger partial charge in [-0.2, -0.15) is 13.7 Å². The Morgan fingerprint density at radius 2 is 1.77 bits per heavy atom. The molecule has 0 aliphatic rings. The molecule has 0 heterocycles. The van der Waals surface area contributed by atoms with Crippen LogP contribution in [0.15, 0.2) is 47.4 Å². The zero-order valence-corrected chi connectivity index (χ0v) is 12.8. The normalized spacial score (nSPS) is 10.6. The standard InChI is InChI=1S/C15H13NO5S/c1-19-12-6-7-14(20-2)15(9-12)22(17,18)21-13-5-3-4-11(8-13)10-16/h3-9H,1-2H3. The third kappa shape index (κ3) is 3.30. The summed E-state index contributed by atoms with van der Waals surface area (Å²) in [7, 11) is -1.34. The van der Waals surface area contributed by atoms with Crippen molar-refractivity contribution in [2.24, 2.45) is 0 Å². The van der Waals surface area contributed by atoms with E-state index in [1.807, 2.05) is 6.07 Å². The highest BCUT2D eigenvalue weighted by molar-refractivity contribution is 7.87. The third-order valence-corrected chi connectivity index (χ3v) is 4.08. The van der Waals surface area contributed by atoms with Gasteiger partial charge >= 0.3 is 10.1 Å². The molecule has 0 amide bonds. The number of hydrogen-bond donors (Lipinski definition) is 0. The molecule has 0 atom stereocenters. The molecule has 0 unspecified atom stereocenters. The van der Waals surface area contributed by atoms with Crippen molar-refractivity contribution in [2.75, 3.05) is 14.2 Å². The molecule has 0 N–H and O–H groups in total. The summed E-state index contributed by atoms with van der Waals surface area (Å²) in [5.74, 6) is 0.537. The molecule has 22 heavy (non-hydrogen) atoms. The Balaban J connectivity index is 2.44. The third-order valence-electron chi connectivity index (χ3n) is 2.81. The zero-order chi connectivity index (χ0) is 16.2. The smallest absolute Gasteiger partial charge is 0.343 e. The van der Waals surface area contributed by atoms with Gasteiger partial charge in [-0.15, -0.1) is 0 Å². The molecule has 0 aliphatic heterocycles. The fourth-order valence-electron chi connectivity index (χ4n) is 1.77. The summed E-state index contributed by atoms with van der Waals surface area (Å²) < 4.78 is 39.9. The topological polar surface area (TPSA) is 85.6 Å². The molecule has 0 saturated carbocycles. The second-order valence-electron chi connectivity index (χ2n) is 4.19. The lowest BCUT2D eigenvalue weighted by Crippen LogP contribution is -2.11. The Bertz CT molecular complexity index is 824. The minimum Gasteiger partial charge on any atom is -0.497 e. The Hall–Kier alpha value is -2.72. The molecule has 0 aromatic heterocycles. The van der Waals surface area contributed by atoms with Gasteiger partial charge in [-0.05, 0) is 30.3 Å². The van der Waals surface area contributed by atoms with Crippen molar-refractivity contribution in [3.63, 3.8) is 0 Å². The van der Waals surface area contributed by atoms with Crippen LogP contribution in [0.1, 0.15) is 5.56 Å². The summed E-state index contributed by atoms with van der Waals surface area (Å²) >= 11 is 0. The quantitative estimate of drug-likeness (QED) is 0.786. The molecule has 2 aromatic carbocycles. The van der Waals surface area contributed by atoms with Crippen LogP contribution in [0.5, 0.6) is 17.2 Å². The van der Waals surface area contributed by atoms with Gasteiger partial charge < -0.3 is 13.7 Å². The maximum Gasteiger partial charge on any atom is 0.343 e. The molecule has 0 bridgehead atoms. The highest BCUT2D eigenvalue weighted by Gasteiger charge is 2.23. The fraction of sp³-hybridized carbons (Fsp3) is 0.133. The summed E-state index contributed by atoms with van der Waals surface area (Å²) in [4.78, 5) is -0.156. The van der Waals surface area contributed by atoms with E-state index in [1.54, 1.807) is 12.1 Å². The van der Waals surface area contributed by atoms with Gasteiger partial charge in [0.05, 0.1) is 25.9 Å². The lowest BCUT2D eigenvalue weighted by atomic mass is 10.2. The second-order valence-corrected chi connectivity index (χ2v) is 5.71. The molecule has 0 aliphatic carbocycles. The van der Waals surface area contributed by atoms with E-state index in [1.165, 1.54) is 44.6 Å². The van der Waals surface area contributed by atoms with Crippen LogP contribution >= 0.6 is 0 Å². The van der Waals surface area contributed by atoms with E-state index in [2.05, 4.69) is 0 Å². The van der Waals surface area contributed by atoms with Crippen LogP contribution in [0.2, 0.25) is 0 Å². The van der Waals surface area contributed by atoms with Gasteiger partial charge in [0.2, 0.25) is 0 Å². The van der Waals surface area contributed by atoms with E-state index in [0.29, 0.717) is 11.3 Å². The molecule has 0 fully saturated rings. The minimum absolute atomic E-state index is 0.0453. The molecular formula is C15H13NO5S. The van der Waals surface area contributed by atoms with Gasteiger partial charge in [-0.3, -0.25) is 0 Å². The molecule has 2 aromatic rings. The Morgan fingerprint density at radius 1 is 1.00 bits per heavy atom. The zero-order valence-electron chi connectivity index (χ0n) is 11.9. The first-order chi connectivity index (χ1) is 10.5. The van der Waals surface area contributed by atoms with Crippen molar-refractivity contribution >= 4 is 10.1 Å². The summed E-state index contributed by atoms with van der Waals surface area (Å²) in [6.45, 7) is 0. The summed E-state index contributed by atoms with van der Waals surface area (Å²) in [6, 6.07) is 12.1. The van der Waals surface area contributed by atoms with Gasteiger partial charge in [0.15, 0.2) is 4.90 Å². The number of benzene rings is 2. The van der Waals surface area contributed by atoms with Gasteiger partial charge in [0.25, 0.3) is 0 Å². The van der Waals surface area contributed by atoms with Crippen molar-refractivity contribution in [3.05, 3.63) is 48.0 Å². The number of nitriles is 1. The van der Waals surface area contributed by atoms with E-state index in [0.717, 1.165) is 0 Å². The molecule has 0 saturated heterocycles. The molecule has 0 spiro atoms. The van der Waals surface area contributed by atoms with Crippen molar-refractivity contribution in [2.45, 2.75) is 4.90 Å². The van der Waals surface area contributed by atoms with Crippen molar-refractivity contribution in [1.82, 2.24) is 0 Å². The van der Waals surface area contributed by atoms with Crippen LogP contribution in [0.3, 0.4) is 0 Å². The predicted octanol–water partition coefficient (Wildman–Crippen LogP) is 2.34. The van der Waals surface area contributed by atoms with Crippen molar-refractivity contribution < 1.29 is 22.1 Å². The van der Waals surface area contributed by atoms with E-state index in [9.17, 15) is 8.42 Å². The Labute approximate surface area is 128 Å². The van der Waals surface area contributed by atoms with E-state index >= 15 is 0 Å². The Morgan fingerprint density at radius 3 is 2.41 bits per heavy atom. The average molecular weight is 319 g/mol. The lowest BCUT2D eigenvalue weighted by Gasteiger charge is -2.12. The highest BCUT2D eigenvalue weighted by Crippen LogP contribution is 2.30. The maximum absolute atomic E-state index is 12.4.